The standard InChI is InChI=1S/C17H24N4O.ClH/c1-11-9-12(2)21(20-11)14-8-6-7-13(10-14)19-16(22)15(18)17(3,4)5;/h6-10,15H,18H2,1-5H3,(H,19,22);1H/t15-;/m1./s1. The van der Waals surface area contributed by atoms with Crippen LogP contribution in [-0.4, -0.2) is 21.7 Å². The molecule has 23 heavy (non-hydrogen) atoms. The number of halogens is 1. The Morgan fingerprint density at radius 3 is 2.43 bits per heavy atom. The Kier molecular flexibility index (Phi) is 5.97. The van der Waals surface area contributed by atoms with Gasteiger partial charge in [0.05, 0.1) is 17.4 Å². The maximum absolute atomic E-state index is 12.2. The van der Waals surface area contributed by atoms with Crippen molar-refractivity contribution in [2.45, 2.75) is 40.7 Å². The van der Waals surface area contributed by atoms with Gasteiger partial charge in [-0.05, 0) is 43.5 Å². The summed E-state index contributed by atoms with van der Waals surface area (Å²) in [5.41, 5.74) is 9.34. The number of carbonyl (C=O) groups is 1. The summed E-state index contributed by atoms with van der Waals surface area (Å²) in [5.74, 6) is -0.182. The fourth-order valence-electron chi connectivity index (χ4n) is 2.22. The van der Waals surface area contributed by atoms with Crippen LogP contribution >= 0.6 is 12.4 Å². The number of aromatic nitrogens is 2. The first-order valence-corrected chi connectivity index (χ1v) is 7.38. The summed E-state index contributed by atoms with van der Waals surface area (Å²) in [5, 5.41) is 7.33. The Hall–Kier alpha value is -1.85. The van der Waals surface area contributed by atoms with Crippen molar-refractivity contribution < 1.29 is 4.79 Å². The molecule has 0 aliphatic carbocycles. The molecule has 0 aliphatic heterocycles. The van der Waals surface area contributed by atoms with E-state index < -0.39 is 6.04 Å². The second-order valence-electron chi connectivity index (χ2n) is 6.72. The van der Waals surface area contributed by atoms with Gasteiger partial charge >= 0.3 is 0 Å². The van der Waals surface area contributed by atoms with Crippen LogP contribution in [0.1, 0.15) is 32.2 Å². The molecule has 5 nitrogen and oxygen atoms in total. The van der Waals surface area contributed by atoms with Crippen molar-refractivity contribution in [3.05, 3.63) is 41.7 Å². The average Bonchev–Trinajstić information content (AvgIpc) is 2.76. The fourth-order valence-corrected chi connectivity index (χ4v) is 2.22. The van der Waals surface area contributed by atoms with Gasteiger partial charge in [-0.3, -0.25) is 4.79 Å². The highest BCUT2D eigenvalue weighted by atomic mass is 35.5. The molecule has 0 fully saturated rings. The topological polar surface area (TPSA) is 72.9 Å². The van der Waals surface area contributed by atoms with Crippen molar-refractivity contribution in [2.24, 2.45) is 11.1 Å². The summed E-state index contributed by atoms with van der Waals surface area (Å²) >= 11 is 0. The molecule has 2 rings (SSSR count). The fraction of sp³-hybridized carbons (Fsp3) is 0.412. The van der Waals surface area contributed by atoms with Crippen molar-refractivity contribution in [1.29, 1.82) is 0 Å². The lowest BCUT2D eigenvalue weighted by atomic mass is 9.87. The lowest BCUT2D eigenvalue weighted by Crippen LogP contribution is -2.45. The maximum atomic E-state index is 12.2. The number of hydrogen-bond acceptors (Lipinski definition) is 3. The van der Waals surface area contributed by atoms with Gasteiger partial charge < -0.3 is 11.1 Å². The lowest BCUT2D eigenvalue weighted by Gasteiger charge is -2.25. The van der Waals surface area contributed by atoms with Crippen LogP contribution in [0.5, 0.6) is 0 Å². The number of nitrogens with zero attached hydrogens (tertiary/aromatic N) is 2. The first kappa shape index (κ1) is 19.2. The summed E-state index contributed by atoms with van der Waals surface area (Å²) < 4.78 is 1.86. The van der Waals surface area contributed by atoms with E-state index in [1.54, 1.807) is 0 Å². The molecule has 0 radical (unpaired) electrons. The largest absolute Gasteiger partial charge is 0.325 e. The minimum atomic E-state index is -0.565. The van der Waals surface area contributed by atoms with Gasteiger partial charge in [-0.25, -0.2) is 4.68 Å². The molecule has 1 atom stereocenters. The van der Waals surface area contributed by atoms with Crippen molar-refractivity contribution in [1.82, 2.24) is 9.78 Å². The van der Waals surface area contributed by atoms with Crippen LogP contribution in [0.15, 0.2) is 30.3 Å². The minimum absolute atomic E-state index is 0. The molecule has 126 valence electrons. The lowest BCUT2D eigenvalue weighted by molar-refractivity contribution is -0.119. The Balaban J connectivity index is 0.00000264. The first-order valence-electron chi connectivity index (χ1n) is 7.38. The first-order chi connectivity index (χ1) is 10.2. The second kappa shape index (κ2) is 7.15. The zero-order valence-electron chi connectivity index (χ0n) is 14.3. The van der Waals surface area contributed by atoms with Gasteiger partial charge in [0, 0.05) is 11.4 Å². The average molecular weight is 337 g/mol. The maximum Gasteiger partial charge on any atom is 0.241 e. The molecule has 0 bridgehead atoms. The predicted octanol–water partition coefficient (Wildman–Crippen LogP) is 3.22. The highest BCUT2D eigenvalue weighted by Gasteiger charge is 2.27. The highest BCUT2D eigenvalue weighted by molar-refractivity contribution is 5.95. The number of aryl methyl sites for hydroxylation is 2. The molecule has 1 aromatic carbocycles. The van der Waals surface area contributed by atoms with Gasteiger partial charge in [0.15, 0.2) is 0 Å². The van der Waals surface area contributed by atoms with E-state index in [0.717, 1.165) is 22.8 Å². The molecule has 0 aliphatic rings. The van der Waals surface area contributed by atoms with E-state index in [4.69, 9.17) is 5.73 Å². The molecule has 1 aromatic heterocycles. The number of hydrogen-bond donors (Lipinski definition) is 2. The number of amides is 1. The summed E-state index contributed by atoms with van der Waals surface area (Å²) in [4.78, 5) is 12.2. The summed E-state index contributed by atoms with van der Waals surface area (Å²) in [6.07, 6.45) is 0. The summed E-state index contributed by atoms with van der Waals surface area (Å²) in [6.45, 7) is 9.80. The van der Waals surface area contributed by atoms with E-state index >= 15 is 0 Å². The molecule has 1 amide bonds. The van der Waals surface area contributed by atoms with E-state index in [9.17, 15) is 4.79 Å². The molecule has 2 aromatic rings. The normalized spacial score (nSPS) is 12.4. The molecular formula is C17H25ClN4O. The van der Waals surface area contributed by atoms with Crippen molar-refractivity contribution >= 4 is 24.0 Å². The number of nitrogens with one attached hydrogen (secondary N) is 1. The number of anilines is 1. The molecule has 0 saturated carbocycles. The van der Waals surface area contributed by atoms with E-state index in [1.165, 1.54) is 0 Å². The van der Waals surface area contributed by atoms with Gasteiger partial charge in [-0.15, -0.1) is 12.4 Å². The summed E-state index contributed by atoms with van der Waals surface area (Å²) in [6, 6.07) is 9.04. The van der Waals surface area contributed by atoms with Crippen LogP contribution in [0.4, 0.5) is 5.69 Å². The molecule has 0 spiro atoms. The number of rotatable bonds is 3. The predicted molar refractivity (Wildman–Crippen MR) is 96.3 cm³/mol. The van der Waals surface area contributed by atoms with Crippen molar-refractivity contribution in [3.8, 4) is 5.69 Å². The van der Waals surface area contributed by atoms with Gasteiger partial charge in [-0.1, -0.05) is 26.8 Å². The third kappa shape index (κ3) is 4.56. The Morgan fingerprint density at radius 1 is 1.26 bits per heavy atom. The third-order valence-electron chi connectivity index (χ3n) is 3.58. The smallest absolute Gasteiger partial charge is 0.241 e. The van der Waals surface area contributed by atoms with Gasteiger partial charge in [0.25, 0.3) is 0 Å². The van der Waals surface area contributed by atoms with Gasteiger partial charge in [0.1, 0.15) is 0 Å². The molecule has 6 heteroatoms. The highest BCUT2D eigenvalue weighted by Crippen LogP contribution is 2.20. The zero-order chi connectivity index (χ0) is 16.5. The molecule has 0 saturated heterocycles. The van der Waals surface area contributed by atoms with Crippen LogP contribution in [0.25, 0.3) is 5.69 Å². The number of benzene rings is 1. The summed E-state index contributed by atoms with van der Waals surface area (Å²) in [7, 11) is 0. The second-order valence-corrected chi connectivity index (χ2v) is 6.72. The third-order valence-corrected chi connectivity index (χ3v) is 3.58. The Morgan fingerprint density at radius 2 is 1.91 bits per heavy atom. The van der Waals surface area contributed by atoms with Crippen molar-refractivity contribution in [2.75, 3.05) is 5.32 Å². The minimum Gasteiger partial charge on any atom is -0.325 e. The van der Waals surface area contributed by atoms with E-state index in [0.29, 0.717) is 0 Å². The Bertz CT molecular complexity index is 688. The van der Waals surface area contributed by atoms with Crippen LogP contribution in [0.3, 0.4) is 0 Å². The van der Waals surface area contributed by atoms with Crippen LogP contribution in [0.2, 0.25) is 0 Å². The molecule has 1 heterocycles. The van der Waals surface area contributed by atoms with Crippen LogP contribution in [0, 0.1) is 19.3 Å². The zero-order valence-corrected chi connectivity index (χ0v) is 15.1. The van der Waals surface area contributed by atoms with Gasteiger partial charge in [-0.2, -0.15) is 5.10 Å². The quantitative estimate of drug-likeness (QED) is 0.903. The molecular weight excluding hydrogens is 312 g/mol. The Labute approximate surface area is 143 Å². The van der Waals surface area contributed by atoms with Crippen LogP contribution < -0.4 is 11.1 Å². The van der Waals surface area contributed by atoms with E-state index in [2.05, 4.69) is 10.4 Å². The molecule has 3 N–H and O–H groups in total. The number of carbonyl (C=O) groups excluding carboxylic acids is 1. The molecule has 0 unspecified atom stereocenters. The van der Waals surface area contributed by atoms with Crippen LogP contribution in [-0.2, 0) is 4.79 Å². The number of nitrogens with two attached hydrogens (primary N) is 1. The van der Waals surface area contributed by atoms with Crippen molar-refractivity contribution in [3.63, 3.8) is 0 Å². The van der Waals surface area contributed by atoms with Gasteiger partial charge in [0.2, 0.25) is 5.91 Å². The van der Waals surface area contributed by atoms with E-state index in [1.807, 2.05) is 69.6 Å². The van der Waals surface area contributed by atoms with E-state index in [-0.39, 0.29) is 23.7 Å². The monoisotopic (exact) mass is 336 g/mol. The SMILES string of the molecule is Cc1cc(C)n(-c2cccc(NC(=O)[C@@H](N)C(C)(C)C)c2)n1.Cl.